The quantitative estimate of drug-likeness (QED) is 0.459. The van der Waals surface area contributed by atoms with Crippen LogP contribution in [0.25, 0.3) is 11.1 Å². The van der Waals surface area contributed by atoms with Crippen LogP contribution in [0, 0.1) is 11.8 Å². The molecule has 0 aromatic heterocycles. The van der Waals surface area contributed by atoms with Crippen LogP contribution in [0.15, 0.2) is 78.9 Å². The van der Waals surface area contributed by atoms with E-state index in [0.717, 1.165) is 61.0 Å². The molecule has 0 bridgehead atoms. The minimum Gasteiger partial charge on any atom is -0.399 e. The van der Waals surface area contributed by atoms with Gasteiger partial charge in [0.2, 0.25) is 5.91 Å². The second-order valence-corrected chi connectivity index (χ2v) is 8.95. The van der Waals surface area contributed by atoms with Gasteiger partial charge >= 0.3 is 0 Å². The molecule has 0 aliphatic heterocycles. The highest BCUT2D eigenvalue weighted by Gasteiger charge is 2.27. The van der Waals surface area contributed by atoms with Crippen LogP contribution in [0.1, 0.15) is 42.9 Å². The first-order valence-corrected chi connectivity index (χ1v) is 11.6. The Labute approximate surface area is 191 Å². The van der Waals surface area contributed by atoms with E-state index in [9.17, 15) is 4.79 Å². The molecule has 3 aromatic rings. The molecule has 0 saturated heterocycles. The highest BCUT2D eigenvalue weighted by Crippen LogP contribution is 2.30. The predicted molar refractivity (Wildman–Crippen MR) is 132 cm³/mol. The summed E-state index contributed by atoms with van der Waals surface area (Å²) in [5.41, 5.74) is 17.0. The van der Waals surface area contributed by atoms with Gasteiger partial charge in [0, 0.05) is 11.6 Å². The third-order valence-corrected chi connectivity index (χ3v) is 6.68. The lowest BCUT2D eigenvalue weighted by Gasteiger charge is -2.29. The Bertz CT molecular complexity index is 1010. The lowest BCUT2D eigenvalue weighted by atomic mass is 9.81. The summed E-state index contributed by atoms with van der Waals surface area (Å²) in [6.45, 7) is 0.725. The van der Waals surface area contributed by atoms with Crippen LogP contribution >= 0.6 is 0 Å². The zero-order valence-corrected chi connectivity index (χ0v) is 18.5. The van der Waals surface area contributed by atoms with Crippen molar-refractivity contribution in [3.8, 4) is 11.1 Å². The summed E-state index contributed by atoms with van der Waals surface area (Å²) in [6.07, 6.45) is 4.71. The van der Waals surface area contributed by atoms with Crippen molar-refractivity contribution in [2.75, 3.05) is 12.3 Å². The molecule has 5 N–H and O–H groups in total. The van der Waals surface area contributed by atoms with E-state index in [4.69, 9.17) is 11.5 Å². The van der Waals surface area contributed by atoms with Crippen molar-refractivity contribution in [2.45, 2.75) is 38.1 Å². The number of rotatable bonds is 7. The SMILES string of the molecule is NCC1CCC(C(=O)NC(Cc2ccccc2)c2cccc(-c3ccc(N)cc3)c2)CC1. The molecule has 0 spiro atoms. The number of benzene rings is 3. The number of nitrogen functional groups attached to an aromatic ring is 1. The standard InChI is InChI=1S/C28H33N3O/c29-19-21-9-11-23(12-10-21)28(32)31-27(17-20-5-2-1-3-6-20)25-8-4-7-24(18-25)22-13-15-26(30)16-14-22/h1-8,13-16,18,21,23,27H,9-12,17,19,29-30H2,(H,31,32). The average Bonchev–Trinajstić information content (AvgIpc) is 2.85. The van der Waals surface area contributed by atoms with E-state index in [2.05, 4.69) is 41.7 Å². The molecule has 1 fully saturated rings. The van der Waals surface area contributed by atoms with Gasteiger partial charge in [-0.2, -0.15) is 0 Å². The largest absolute Gasteiger partial charge is 0.399 e. The van der Waals surface area contributed by atoms with Gasteiger partial charge in [-0.3, -0.25) is 4.79 Å². The third kappa shape index (κ3) is 5.57. The maximum Gasteiger partial charge on any atom is 0.223 e. The number of nitrogens with two attached hydrogens (primary N) is 2. The lowest BCUT2D eigenvalue weighted by molar-refractivity contribution is -0.127. The maximum absolute atomic E-state index is 13.2. The van der Waals surface area contributed by atoms with Gasteiger partial charge in [-0.1, -0.05) is 60.7 Å². The third-order valence-electron chi connectivity index (χ3n) is 6.68. The van der Waals surface area contributed by atoms with E-state index in [1.54, 1.807) is 0 Å². The Kier molecular flexibility index (Phi) is 7.23. The van der Waals surface area contributed by atoms with Gasteiger partial charge in [-0.15, -0.1) is 0 Å². The van der Waals surface area contributed by atoms with Gasteiger partial charge in [-0.05, 0) is 85.0 Å². The Morgan fingerprint density at radius 1 is 0.875 bits per heavy atom. The highest BCUT2D eigenvalue weighted by atomic mass is 16.1. The minimum atomic E-state index is -0.0779. The number of nitrogens with one attached hydrogen (secondary N) is 1. The van der Waals surface area contributed by atoms with Crippen molar-refractivity contribution in [3.05, 3.63) is 90.0 Å². The first-order valence-electron chi connectivity index (χ1n) is 11.6. The molecule has 3 aromatic carbocycles. The number of hydrogen-bond acceptors (Lipinski definition) is 3. The van der Waals surface area contributed by atoms with Crippen LogP contribution in [-0.2, 0) is 11.2 Å². The normalized spacial score (nSPS) is 19.3. The number of amides is 1. The van der Waals surface area contributed by atoms with E-state index in [1.165, 1.54) is 5.56 Å². The fourth-order valence-corrected chi connectivity index (χ4v) is 4.66. The van der Waals surface area contributed by atoms with Crippen molar-refractivity contribution in [1.29, 1.82) is 0 Å². The van der Waals surface area contributed by atoms with Crippen LogP contribution in [0.2, 0.25) is 0 Å². The van der Waals surface area contributed by atoms with Crippen LogP contribution in [0.4, 0.5) is 5.69 Å². The predicted octanol–water partition coefficient (Wildman–Crippen LogP) is 5.10. The van der Waals surface area contributed by atoms with Gasteiger partial charge in [0.05, 0.1) is 6.04 Å². The Balaban J connectivity index is 1.56. The molecule has 1 aliphatic rings. The minimum absolute atomic E-state index is 0.0779. The van der Waals surface area contributed by atoms with Crippen molar-refractivity contribution in [3.63, 3.8) is 0 Å². The Morgan fingerprint density at radius 3 is 2.28 bits per heavy atom. The second-order valence-electron chi connectivity index (χ2n) is 8.95. The molecule has 4 heteroatoms. The van der Waals surface area contributed by atoms with Crippen LogP contribution < -0.4 is 16.8 Å². The number of hydrogen-bond donors (Lipinski definition) is 3. The van der Waals surface area contributed by atoms with Gasteiger partial charge < -0.3 is 16.8 Å². The molecule has 1 unspecified atom stereocenters. The molecule has 166 valence electrons. The second kappa shape index (κ2) is 10.5. The molecular formula is C28H33N3O. The maximum atomic E-state index is 13.2. The van der Waals surface area contributed by atoms with Crippen molar-refractivity contribution in [1.82, 2.24) is 5.32 Å². The summed E-state index contributed by atoms with van der Waals surface area (Å²) in [6, 6.07) is 26.7. The summed E-state index contributed by atoms with van der Waals surface area (Å²) in [7, 11) is 0. The molecule has 32 heavy (non-hydrogen) atoms. The van der Waals surface area contributed by atoms with Gasteiger partial charge in [0.1, 0.15) is 0 Å². The topological polar surface area (TPSA) is 81.1 Å². The fraction of sp³-hybridized carbons (Fsp3) is 0.321. The summed E-state index contributed by atoms with van der Waals surface area (Å²) < 4.78 is 0. The summed E-state index contributed by atoms with van der Waals surface area (Å²) in [4.78, 5) is 13.2. The lowest BCUT2D eigenvalue weighted by Crippen LogP contribution is -2.37. The molecule has 1 aliphatic carbocycles. The van der Waals surface area contributed by atoms with E-state index in [0.29, 0.717) is 5.92 Å². The van der Waals surface area contributed by atoms with Crippen LogP contribution in [0.5, 0.6) is 0 Å². The molecule has 1 saturated carbocycles. The monoisotopic (exact) mass is 427 g/mol. The van der Waals surface area contributed by atoms with Crippen LogP contribution in [0.3, 0.4) is 0 Å². The van der Waals surface area contributed by atoms with Gasteiger partial charge in [-0.25, -0.2) is 0 Å². The van der Waals surface area contributed by atoms with E-state index in [1.807, 2.05) is 42.5 Å². The molecule has 0 radical (unpaired) electrons. The fourth-order valence-electron chi connectivity index (χ4n) is 4.66. The van der Waals surface area contributed by atoms with E-state index in [-0.39, 0.29) is 17.9 Å². The summed E-state index contributed by atoms with van der Waals surface area (Å²) in [5.74, 6) is 0.811. The molecule has 1 atom stereocenters. The van der Waals surface area contributed by atoms with Crippen molar-refractivity contribution < 1.29 is 4.79 Å². The molecule has 4 rings (SSSR count). The Hall–Kier alpha value is -3.11. The van der Waals surface area contributed by atoms with Crippen molar-refractivity contribution in [2.24, 2.45) is 17.6 Å². The smallest absolute Gasteiger partial charge is 0.223 e. The number of carbonyl (C=O) groups is 1. The molecule has 4 nitrogen and oxygen atoms in total. The van der Waals surface area contributed by atoms with Gasteiger partial charge in [0.15, 0.2) is 0 Å². The molecular weight excluding hydrogens is 394 g/mol. The van der Waals surface area contributed by atoms with Crippen molar-refractivity contribution >= 4 is 11.6 Å². The van der Waals surface area contributed by atoms with E-state index < -0.39 is 0 Å². The number of carbonyl (C=O) groups excluding carboxylic acids is 1. The summed E-state index contributed by atoms with van der Waals surface area (Å²) >= 11 is 0. The number of anilines is 1. The van der Waals surface area contributed by atoms with E-state index >= 15 is 0 Å². The first-order chi connectivity index (χ1) is 15.6. The Morgan fingerprint density at radius 2 is 1.59 bits per heavy atom. The average molecular weight is 428 g/mol. The van der Waals surface area contributed by atoms with Gasteiger partial charge in [0.25, 0.3) is 0 Å². The molecule has 0 heterocycles. The zero-order chi connectivity index (χ0) is 22.3. The molecule has 1 amide bonds. The van der Waals surface area contributed by atoms with Crippen LogP contribution in [-0.4, -0.2) is 12.5 Å². The first kappa shape index (κ1) is 22.1. The zero-order valence-electron chi connectivity index (χ0n) is 18.5. The highest BCUT2D eigenvalue weighted by molar-refractivity contribution is 5.79. The summed E-state index contributed by atoms with van der Waals surface area (Å²) in [5, 5.41) is 3.38.